The minimum atomic E-state index is -0.964. The van der Waals surface area contributed by atoms with E-state index < -0.39 is 23.8 Å². The molecule has 0 spiro atoms. The predicted octanol–water partition coefficient (Wildman–Crippen LogP) is 1.11. The number of aliphatic carboxylic acids is 1. The summed E-state index contributed by atoms with van der Waals surface area (Å²) in [4.78, 5) is 35.7. The van der Waals surface area contributed by atoms with E-state index in [4.69, 9.17) is 9.52 Å². The molecule has 0 saturated heterocycles. The average Bonchev–Trinajstić information content (AvgIpc) is 2.90. The Morgan fingerprint density at radius 1 is 1.43 bits per heavy atom. The molecule has 0 aromatic carbocycles. The van der Waals surface area contributed by atoms with Gasteiger partial charge in [0.05, 0.1) is 19.2 Å². The number of nitrogens with zero attached hydrogens (tertiary/aromatic N) is 1. The summed E-state index contributed by atoms with van der Waals surface area (Å²) in [6.07, 6.45) is 2.59. The number of furan rings is 1. The van der Waals surface area contributed by atoms with Gasteiger partial charge in [-0.2, -0.15) is 0 Å². The molecule has 0 aliphatic heterocycles. The van der Waals surface area contributed by atoms with Crippen LogP contribution in [0.4, 0.5) is 0 Å². The summed E-state index contributed by atoms with van der Waals surface area (Å²) in [6.45, 7) is 1.76. The number of rotatable bonds is 8. The Labute approximate surface area is 122 Å². The van der Waals surface area contributed by atoms with Crippen LogP contribution < -0.4 is 5.32 Å². The zero-order chi connectivity index (χ0) is 15.8. The number of likely N-dealkylation sites (N-methyl/N-ethyl adjacent to an activating group) is 1. The molecule has 2 N–H and O–H groups in total. The van der Waals surface area contributed by atoms with Crippen LogP contribution >= 0.6 is 0 Å². The number of carboxylic acid groups (broad SMARTS) is 1. The summed E-state index contributed by atoms with van der Waals surface area (Å²) in [5.74, 6) is -1.60. The zero-order valence-electron chi connectivity index (χ0n) is 12.2. The van der Waals surface area contributed by atoms with E-state index in [0.717, 1.165) is 6.42 Å². The van der Waals surface area contributed by atoms with E-state index in [-0.39, 0.29) is 18.7 Å². The second-order valence-corrected chi connectivity index (χ2v) is 4.79. The molecular weight excluding hydrogens is 276 g/mol. The molecule has 1 aromatic rings. The lowest BCUT2D eigenvalue weighted by Crippen LogP contribution is -2.43. The standard InChI is InChI=1S/C14H20N2O5/c1-3-5-10(8-13(18)19)15-12(17)9-16(2)14(20)11-6-4-7-21-11/h4,6-7,10H,3,5,8-9H2,1-2H3,(H,15,17)(H,18,19). The molecule has 116 valence electrons. The maximum Gasteiger partial charge on any atom is 0.305 e. The largest absolute Gasteiger partial charge is 0.481 e. The van der Waals surface area contributed by atoms with Gasteiger partial charge in [0.1, 0.15) is 0 Å². The van der Waals surface area contributed by atoms with E-state index >= 15 is 0 Å². The second kappa shape index (κ2) is 8.08. The maximum atomic E-state index is 11.9. The summed E-state index contributed by atoms with van der Waals surface area (Å²) in [7, 11) is 1.48. The highest BCUT2D eigenvalue weighted by Gasteiger charge is 2.20. The maximum absolute atomic E-state index is 11.9. The Bertz CT molecular complexity index is 484. The van der Waals surface area contributed by atoms with Crippen LogP contribution in [0.3, 0.4) is 0 Å². The third-order valence-corrected chi connectivity index (χ3v) is 2.88. The van der Waals surface area contributed by atoms with Crippen molar-refractivity contribution in [1.29, 1.82) is 0 Å². The second-order valence-electron chi connectivity index (χ2n) is 4.79. The molecule has 7 heteroatoms. The number of carbonyl (C=O) groups is 3. The van der Waals surface area contributed by atoms with Gasteiger partial charge < -0.3 is 19.7 Å². The Morgan fingerprint density at radius 2 is 2.14 bits per heavy atom. The van der Waals surface area contributed by atoms with Crippen LogP contribution in [-0.4, -0.2) is 47.4 Å². The summed E-state index contributed by atoms with van der Waals surface area (Å²) in [6, 6.07) is 2.68. The van der Waals surface area contributed by atoms with Gasteiger partial charge in [0.25, 0.3) is 5.91 Å². The first-order valence-corrected chi connectivity index (χ1v) is 6.74. The van der Waals surface area contributed by atoms with Crippen molar-refractivity contribution in [2.75, 3.05) is 13.6 Å². The molecule has 2 amide bonds. The average molecular weight is 296 g/mol. The van der Waals surface area contributed by atoms with Crippen molar-refractivity contribution in [2.24, 2.45) is 0 Å². The summed E-state index contributed by atoms with van der Waals surface area (Å²) < 4.78 is 4.97. The molecule has 0 aliphatic rings. The van der Waals surface area contributed by atoms with Crippen molar-refractivity contribution in [3.8, 4) is 0 Å². The molecule has 0 fully saturated rings. The highest BCUT2D eigenvalue weighted by atomic mass is 16.4. The fourth-order valence-electron chi connectivity index (χ4n) is 1.93. The topological polar surface area (TPSA) is 99.9 Å². The minimum absolute atomic E-state index is 0.130. The first kappa shape index (κ1) is 16.7. The molecule has 21 heavy (non-hydrogen) atoms. The normalized spacial score (nSPS) is 11.7. The number of amides is 2. The number of hydrogen-bond donors (Lipinski definition) is 2. The van der Waals surface area contributed by atoms with Crippen LogP contribution in [0.1, 0.15) is 36.7 Å². The van der Waals surface area contributed by atoms with Gasteiger partial charge in [0, 0.05) is 13.1 Å². The van der Waals surface area contributed by atoms with Gasteiger partial charge in [0.15, 0.2) is 5.76 Å². The Hall–Kier alpha value is -2.31. The minimum Gasteiger partial charge on any atom is -0.481 e. The van der Waals surface area contributed by atoms with E-state index in [9.17, 15) is 14.4 Å². The van der Waals surface area contributed by atoms with Crippen LogP contribution in [0.25, 0.3) is 0 Å². The highest BCUT2D eigenvalue weighted by Crippen LogP contribution is 2.05. The molecule has 1 aromatic heterocycles. The van der Waals surface area contributed by atoms with Crippen molar-refractivity contribution in [3.63, 3.8) is 0 Å². The van der Waals surface area contributed by atoms with Gasteiger partial charge >= 0.3 is 5.97 Å². The molecule has 0 aliphatic carbocycles. The summed E-state index contributed by atoms with van der Waals surface area (Å²) >= 11 is 0. The summed E-state index contributed by atoms with van der Waals surface area (Å²) in [5.41, 5.74) is 0. The third-order valence-electron chi connectivity index (χ3n) is 2.88. The third kappa shape index (κ3) is 5.68. The number of carbonyl (C=O) groups excluding carboxylic acids is 2. The van der Waals surface area contributed by atoms with Gasteiger partial charge in [0.2, 0.25) is 5.91 Å². The van der Waals surface area contributed by atoms with E-state index in [2.05, 4.69) is 5.32 Å². The van der Waals surface area contributed by atoms with Crippen molar-refractivity contribution < 1.29 is 23.9 Å². The molecule has 0 saturated carbocycles. The highest BCUT2D eigenvalue weighted by molar-refractivity contribution is 5.94. The molecule has 0 bridgehead atoms. The summed E-state index contributed by atoms with van der Waals surface area (Å²) in [5, 5.41) is 11.4. The van der Waals surface area contributed by atoms with Crippen molar-refractivity contribution in [3.05, 3.63) is 24.2 Å². The van der Waals surface area contributed by atoms with E-state index in [0.29, 0.717) is 6.42 Å². The molecule has 7 nitrogen and oxygen atoms in total. The lowest BCUT2D eigenvalue weighted by molar-refractivity contribution is -0.137. The Balaban J connectivity index is 2.51. The monoisotopic (exact) mass is 296 g/mol. The first-order chi connectivity index (χ1) is 9.93. The molecular formula is C14H20N2O5. The number of carboxylic acids is 1. The van der Waals surface area contributed by atoms with Crippen molar-refractivity contribution in [2.45, 2.75) is 32.2 Å². The Morgan fingerprint density at radius 3 is 2.67 bits per heavy atom. The number of nitrogens with one attached hydrogen (secondary N) is 1. The fraction of sp³-hybridized carbons (Fsp3) is 0.500. The first-order valence-electron chi connectivity index (χ1n) is 6.74. The van der Waals surface area contributed by atoms with Gasteiger partial charge in [-0.1, -0.05) is 13.3 Å². The van der Waals surface area contributed by atoms with E-state index in [1.807, 2.05) is 6.92 Å². The smallest absolute Gasteiger partial charge is 0.305 e. The van der Waals surface area contributed by atoms with E-state index in [1.165, 1.54) is 24.3 Å². The van der Waals surface area contributed by atoms with Crippen LogP contribution in [0, 0.1) is 0 Å². The van der Waals surface area contributed by atoms with Crippen LogP contribution in [0.2, 0.25) is 0 Å². The fourth-order valence-corrected chi connectivity index (χ4v) is 1.93. The Kier molecular flexibility index (Phi) is 6.45. The zero-order valence-corrected chi connectivity index (χ0v) is 12.2. The van der Waals surface area contributed by atoms with Crippen LogP contribution in [0.5, 0.6) is 0 Å². The van der Waals surface area contributed by atoms with Gasteiger partial charge in [-0.3, -0.25) is 14.4 Å². The lowest BCUT2D eigenvalue weighted by atomic mass is 10.1. The molecule has 1 unspecified atom stereocenters. The van der Waals surface area contributed by atoms with Crippen molar-refractivity contribution in [1.82, 2.24) is 10.2 Å². The molecule has 1 atom stereocenters. The quantitative estimate of drug-likeness (QED) is 0.748. The van der Waals surface area contributed by atoms with Gasteiger partial charge in [-0.25, -0.2) is 0 Å². The van der Waals surface area contributed by atoms with Gasteiger partial charge in [-0.05, 0) is 18.6 Å². The van der Waals surface area contributed by atoms with Crippen LogP contribution in [-0.2, 0) is 9.59 Å². The van der Waals surface area contributed by atoms with Crippen LogP contribution in [0.15, 0.2) is 22.8 Å². The number of hydrogen-bond acceptors (Lipinski definition) is 4. The lowest BCUT2D eigenvalue weighted by Gasteiger charge is -2.19. The van der Waals surface area contributed by atoms with E-state index in [1.54, 1.807) is 6.07 Å². The SMILES string of the molecule is CCCC(CC(=O)O)NC(=O)CN(C)C(=O)c1ccco1. The predicted molar refractivity (Wildman–Crippen MR) is 74.8 cm³/mol. The molecule has 1 heterocycles. The molecule has 0 radical (unpaired) electrons. The van der Waals surface area contributed by atoms with Gasteiger partial charge in [-0.15, -0.1) is 0 Å². The van der Waals surface area contributed by atoms with Crippen molar-refractivity contribution >= 4 is 17.8 Å². The molecule has 1 rings (SSSR count).